The van der Waals surface area contributed by atoms with Crippen molar-refractivity contribution in [2.45, 2.75) is 59.0 Å². The van der Waals surface area contributed by atoms with E-state index in [1.165, 1.54) is 11.3 Å². The highest BCUT2D eigenvalue weighted by atomic mass is 16.5. The first-order valence-corrected chi connectivity index (χ1v) is 7.09. The Morgan fingerprint density at radius 1 is 1.21 bits per heavy atom. The summed E-state index contributed by atoms with van der Waals surface area (Å²) >= 11 is 0. The Morgan fingerprint density at radius 2 is 1.84 bits per heavy atom. The fourth-order valence-corrected chi connectivity index (χ4v) is 3.03. The molecule has 4 heteroatoms. The SMILES string of the molecule is CC1C[C@H](OC(=O)CCC(=O)N(C)C)CC(C)(C)C1. The maximum atomic E-state index is 11.8. The second-order valence-corrected chi connectivity index (χ2v) is 6.81. The van der Waals surface area contributed by atoms with Gasteiger partial charge in [-0.1, -0.05) is 20.8 Å². The van der Waals surface area contributed by atoms with Gasteiger partial charge in [-0.3, -0.25) is 9.59 Å². The molecule has 4 nitrogen and oxygen atoms in total. The van der Waals surface area contributed by atoms with Gasteiger partial charge in [-0.05, 0) is 30.6 Å². The number of amides is 1. The van der Waals surface area contributed by atoms with Gasteiger partial charge in [0, 0.05) is 20.5 Å². The van der Waals surface area contributed by atoms with Gasteiger partial charge < -0.3 is 9.64 Å². The van der Waals surface area contributed by atoms with Crippen LogP contribution in [0.15, 0.2) is 0 Å². The van der Waals surface area contributed by atoms with Crippen LogP contribution in [0.4, 0.5) is 0 Å². The summed E-state index contributed by atoms with van der Waals surface area (Å²) in [6, 6.07) is 0. The van der Waals surface area contributed by atoms with Crippen LogP contribution in [0.3, 0.4) is 0 Å². The van der Waals surface area contributed by atoms with Crippen LogP contribution in [0.1, 0.15) is 52.9 Å². The minimum Gasteiger partial charge on any atom is -0.462 e. The molecular formula is C15H27NO3. The van der Waals surface area contributed by atoms with Crippen molar-refractivity contribution in [2.24, 2.45) is 11.3 Å². The standard InChI is InChI=1S/C15H27NO3/c1-11-8-12(10-15(2,3)9-11)19-14(18)7-6-13(17)16(4)5/h11-12H,6-10H2,1-5H3/t11?,12-/m0/s1. The molecule has 1 amide bonds. The molecule has 0 aliphatic heterocycles. The van der Waals surface area contributed by atoms with E-state index >= 15 is 0 Å². The van der Waals surface area contributed by atoms with Crippen LogP contribution in [-0.2, 0) is 14.3 Å². The summed E-state index contributed by atoms with van der Waals surface area (Å²) in [7, 11) is 3.39. The predicted molar refractivity (Wildman–Crippen MR) is 74.6 cm³/mol. The second kappa shape index (κ2) is 6.40. The summed E-state index contributed by atoms with van der Waals surface area (Å²) in [5, 5.41) is 0. The smallest absolute Gasteiger partial charge is 0.306 e. The van der Waals surface area contributed by atoms with Gasteiger partial charge in [0.25, 0.3) is 0 Å². The van der Waals surface area contributed by atoms with Crippen LogP contribution in [0.25, 0.3) is 0 Å². The summed E-state index contributed by atoms with van der Waals surface area (Å²) in [4.78, 5) is 24.7. The zero-order chi connectivity index (χ0) is 14.6. The molecule has 110 valence electrons. The molecule has 1 fully saturated rings. The summed E-state index contributed by atoms with van der Waals surface area (Å²) in [5.74, 6) is 0.310. The molecular weight excluding hydrogens is 242 g/mol. The van der Waals surface area contributed by atoms with Crippen molar-refractivity contribution in [3.8, 4) is 0 Å². The molecule has 19 heavy (non-hydrogen) atoms. The van der Waals surface area contributed by atoms with Crippen LogP contribution in [0.5, 0.6) is 0 Å². The number of nitrogens with zero attached hydrogens (tertiary/aromatic N) is 1. The zero-order valence-electron chi connectivity index (χ0n) is 12.9. The van der Waals surface area contributed by atoms with Gasteiger partial charge in [0.2, 0.25) is 5.91 Å². The van der Waals surface area contributed by atoms with Crippen LogP contribution < -0.4 is 0 Å². The van der Waals surface area contributed by atoms with Crippen LogP contribution >= 0.6 is 0 Å². The normalized spacial score (nSPS) is 25.7. The molecule has 0 aromatic carbocycles. The summed E-state index contributed by atoms with van der Waals surface area (Å²) in [5.41, 5.74) is 0.238. The van der Waals surface area contributed by atoms with E-state index in [4.69, 9.17) is 4.74 Å². The molecule has 1 aliphatic carbocycles. The molecule has 1 saturated carbocycles. The van der Waals surface area contributed by atoms with E-state index in [1.807, 2.05) is 0 Å². The fraction of sp³-hybridized carbons (Fsp3) is 0.867. The second-order valence-electron chi connectivity index (χ2n) is 6.81. The maximum Gasteiger partial charge on any atom is 0.306 e. The third kappa shape index (κ3) is 5.62. The van der Waals surface area contributed by atoms with Crippen molar-refractivity contribution in [1.29, 1.82) is 0 Å². The van der Waals surface area contributed by atoms with E-state index in [1.54, 1.807) is 14.1 Å². The Bertz CT molecular complexity index is 336. The zero-order valence-corrected chi connectivity index (χ0v) is 12.9. The molecule has 0 aromatic rings. The first kappa shape index (κ1) is 16.0. The Morgan fingerprint density at radius 3 is 2.37 bits per heavy atom. The molecule has 0 bridgehead atoms. The van der Waals surface area contributed by atoms with Crippen molar-refractivity contribution in [2.75, 3.05) is 14.1 Å². The van der Waals surface area contributed by atoms with Gasteiger partial charge in [0.1, 0.15) is 6.10 Å². The average Bonchev–Trinajstić information content (AvgIpc) is 2.22. The topological polar surface area (TPSA) is 46.6 Å². The van der Waals surface area contributed by atoms with Crippen LogP contribution in [0.2, 0.25) is 0 Å². The molecule has 1 unspecified atom stereocenters. The molecule has 2 atom stereocenters. The van der Waals surface area contributed by atoms with E-state index in [2.05, 4.69) is 20.8 Å². The Hall–Kier alpha value is -1.06. The number of hydrogen-bond acceptors (Lipinski definition) is 3. The summed E-state index contributed by atoms with van der Waals surface area (Å²) < 4.78 is 5.52. The van der Waals surface area contributed by atoms with E-state index in [9.17, 15) is 9.59 Å². The summed E-state index contributed by atoms with van der Waals surface area (Å²) in [6.07, 6.45) is 3.47. The Kier molecular flexibility index (Phi) is 5.39. The first-order valence-electron chi connectivity index (χ1n) is 7.09. The van der Waals surface area contributed by atoms with Crippen molar-refractivity contribution in [3.63, 3.8) is 0 Å². The van der Waals surface area contributed by atoms with Gasteiger partial charge >= 0.3 is 5.97 Å². The Labute approximate surface area is 116 Å². The maximum absolute atomic E-state index is 11.8. The van der Waals surface area contributed by atoms with E-state index in [0.717, 1.165) is 12.8 Å². The number of rotatable bonds is 4. The third-order valence-corrected chi connectivity index (χ3v) is 3.69. The van der Waals surface area contributed by atoms with Gasteiger partial charge in [0.05, 0.1) is 6.42 Å². The van der Waals surface area contributed by atoms with Crippen molar-refractivity contribution in [1.82, 2.24) is 4.90 Å². The van der Waals surface area contributed by atoms with Crippen molar-refractivity contribution in [3.05, 3.63) is 0 Å². The summed E-state index contributed by atoms with van der Waals surface area (Å²) in [6.45, 7) is 6.65. The molecule has 1 rings (SSSR count). The third-order valence-electron chi connectivity index (χ3n) is 3.69. The van der Waals surface area contributed by atoms with Gasteiger partial charge in [-0.15, -0.1) is 0 Å². The lowest BCUT2D eigenvalue weighted by molar-refractivity contribution is -0.154. The highest BCUT2D eigenvalue weighted by Crippen LogP contribution is 2.39. The molecule has 0 spiro atoms. The van der Waals surface area contributed by atoms with Crippen molar-refractivity contribution < 1.29 is 14.3 Å². The molecule has 0 saturated heterocycles. The predicted octanol–water partition coefficient (Wildman–Crippen LogP) is 2.61. The highest BCUT2D eigenvalue weighted by molar-refractivity contribution is 5.81. The lowest BCUT2D eigenvalue weighted by Gasteiger charge is -2.38. The van der Waals surface area contributed by atoms with Gasteiger partial charge in [0.15, 0.2) is 0 Å². The lowest BCUT2D eigenvalue weighted by atomic mass is 9.71. The molecule has 0 radical (unpaired) electrons. The monoisotopic (exact) mass is 269 g/mol. The number of hydrogen-bond donors (Lipinski definition) is 0. The van der Waals surface area contributed by atoms with Crippen LogP contribution in [-0.4, -0.2) is 37.0 Å². The highest BCUT2D eigenvalue weighted by Gasteiger charge is 2.33. The average molecular weight is 269 g/mol. The van der Waals surface area contributed by atoms with Crippen LogP contribution in [0, 0.1) is 11.3 Å². The van der Waals surface area contributed by atoms with E-state index < -0.39 is 0 Å². The largest absolute Gasteiger partial charge is 0.462 e. The van der Waals surface area contributed by atoms with E-state index in [-0.39, 0.29) is 36.2 Å². The number of esters is 1. The minimum atomic E-state index is -0.245. The first-order chi connectivity index (χ1) is 8.69. The quantitative estimate of drug-likeness (QED) is 0.737. The number of ether oxygens (including phenoxy) is 1. The number of carbonyl (C=O) groups is 2. The fourth-order valence-electron chi connectivity index (χ4n) is 3.03. The molecule has 0 N–H and O–H groups in total. The minimum absolute atomic E-state index is 0.0145. The molecule has 0 heterocycles. The van der Waals surface area contributed by atoms with Gasteiger partial charge in [-0.25, -0.2) is 0 Å². The lowest BCUT2D eigenvalue weighted by Crippen LogP contribution is -2.34. The molecule has 0 aromatic heterocycles. The van der Waals surface area contributed by atoms with Gasteiger partial charge in [-0.2, -0.15) is 0 Å². The number of carbonyl (C=O) groups excluding carboxylic acids is 2. The van der Waals surface area contributed by atoms with E-state index in [0.29, 0.717) is 5.92 Å². The van der Waals surface area contributed by atoms with Crippen molar-refractivity contribution >= 4 is 11.9 Å². The molecule has 1 aliphatic rings. The Balaban J connectivity index is 2.38.